The first-order valence-electron chi connectivity index (χ1n) is 7.09. The molecule has 1 heterocycles. The van der Waals surface area contributed by atoms with Crippen LogP contribution >= 0.6 is 12.4 Å². The predicted molar refractivity (Wildman–Crippen MR) is 79.5 cm³/mol. The molecule has 2 fully saturated rings. The number of fused-ring (bicyclic) bond motifs is 1. The van der Waals surface area contributed by atoms with E-state index in [0.29, 0.717) is 12.5 Å². The summed E-state index contributed by atoms with van der Waals surface area (Å²) in [5.41, 5.74) is -0.374. The van der Waals surface area contributed by atoms with Crippen molar-refractivity contribution in [1.29, 1.82) is 0 Å². The molecule has 2 N–H and O–H groups in total. The van der Waals surface area contributed by atoms with E-state index in [1.807, 2.05) is 0 Å². The van der Waals surface area contributed by atoms with E-state index in [-0.39, 0.29) is 24.0 Å². The van der Waals surface area contributed by atoms with Gasteiger partial charge in [-0.2, -0.15) is 0 Å². The number of hydrogen-bond donors (Lipinski definition) is 2. The number of anilines is 1. The largest absolute Gasteiger partial charge is 0.323 e. The smallest absolute Gasteiger partial charge is 0.232 e. The van der Waals surface area contributed by atoms with Crippen molar-refractivity contribution in [3.63, 3.8) is 0 Å². The van der Waals surface area contributed by atoms with E-state index < -0.39 is 17.0 Å². The number of carbonyl (C=O) groups is 1. The maximum atomic E-state index is 13.6. The normalized spacial score (nSPS) is 27.6. The summed E-state index contributed by atoms with van der Waals surface area (Å²) in [7, 11) is 0. The van der Waals surface area contributed by atoms with E-state index in [1.54, 1.807) is 0 Å². The highest BCUT2D eigenvalue weighted by Crippen LogP contribution is 2.44. The molecule has 3 rings (SSSR count). The summed E-state index contributed by atoms with van der Waals surface area (Å²) in [6.45, 7) is 1.49. The summed E-state index contributed by atoms with van der Waals surface area (Å²) in [4.78, 5) is 12.6. The Balaban J connectivity index is 0.00000161. The Bertz CT molecular complexity index is 540. The summed E-state index contributed by atoms with van der Waals surface area (Å²) < 4.78 is 26.5. The van der Waals surface area contributed by atoms with E-state index in [4.69, 9.17) is 0 Å². The zero-order valence-electron chi connectivity index (χ0n) is 11.6. The number of rotatable bonds is 2. The van der Waals surface area contributed by atoms with Gasteiger partial charge in [-0.05, 0) is 37.4 Å². The van der Waals surface area contributed by atoms with Crippen molar-refractivity contribution >= 4 is 24.0 Å². The minimum absolute atomic E-state index is 0. The van der Waals surface area contributed by atoms with Gasteiger partial charge in [0.15, 0.2) is 0 Å². The Morgan fingerprint density at radius 3 is 2.90 bits per heavy atom. The van der Waals surface area contributed by atoms with Crippen molar-refractivity contribution in [2.75, 3.05) is 18.4 Å². The third kappa shape index (κ3) is 2.90. The number of nitrogens with one attached hydrogen (secondary N) is 2. The number of benzene rings is 1. The molecule has 1 aliphatic carbocycles. The molecule has 0 bridgehead atoms. The van der Waals surface area contributed by atoms with E-state index in [0.717, 1.165) is 44.4 Å². The fourth-order valence-corrected chi connectivity index (χ4v) is 3.53. The molecule has 2 aliphatic rings. The van der Waals surface area contributed by atoms with Crippen molar-refractivity contribution < 1.29 is 13.6 Å². The van der Waals surface area contributed by atoms with Crippen LogP contribution in [-0.4, -0.2) is 19.0 Å². The molecule has 1 aromatic rings. The van der Waals surface area contributed by atoms with Crippen LogP contribution in [-0.2, 0) is 4.79 Å². The summed E-state index contributed by atoms with van der Waals surface area (Å²) in [6.07, 6.45) is 4.04. The van der Waals surface area contributed by atoms with Crippen molar-refractivity contribution in [3.8, 4) is 0 Å². The monoisotopic (exact) mass is 316 g/mol. The third-order valence-corrected chi connectivity index (χ3v) is 4.67. The highest BCUT2D eigenvalue weighted by Gasteiger charge is 2.49. The molecule has 1 aromatic carbocycles. The molecular weight excluding hydrogens is 298 g/mol. The molecule has 1 aliphatic heterocycles. The van der Waals surface area contributed by atoms with Crippen LogP contribution in [0, 0.1) is 23.0 Å². The van der Waals surface area contributed by atoms with Gasteiger partial charge in [-0.3, -0.25) is 4.79 Å². The maximum Gasteiger partial charge on any atom is 0.232 e. The minimum atomic E-state index is -0.729. The summed E-state index contributed by atoms with van der Waals surface area (Å²) in [6, 6.07) is 3.22. The first-order valence-corrected chi connectivity index (χ1v) is 7.09. The molecule has 21 heavy (non-hydrogen) atoms. The Morgan fingerprint density at radius 1 is 1.33 bits per heavy atom. The van der Waals surface area contributed by atoms with E-state index in [2.05, 4.69) is 10.6 Å². The average Bonchev–Trinajstić information content (AvgIpc) is 2.87. The lowest BCUT2D eigenvalue weighted by molar-refractivity contribution is -0.128. The second-order valence-corrected chi connectivity index (χ2v) is 5.81. The second-order valence-electron chi connectivity index (χ2n) is 5.81. The Labute approximate surface area is 128 Å². The van der Waals surface area contributed by atoms with Crippen molar-refractivity contribution in [2.24, 2.45) is 11.3 Å². The standard InChI is InChI=1S/C15H18F2N2O.ClH/c16-11-4-5-13(12(17)7-11)19-14(20)15-6-2-1-3-10(15)8-18-9-15;/h4-5,7,10,18H,1-3,6,8-9H2,(H,19,20);1H/t10-,15+;/m0./s1. The zero-order chi connectivity index (χ0) is 14.2. The Hall–Kier alpha value is -1.20. The van der Waals surface area contributed by atoms with Crippen molar-refractivity contribution in [3.05, 3.63) is 29.8 Å². The van der Waals surface area contributed by atoms with Gasteiger partial charge < -0.3 is 10.6 Å². The molecule has 116 valence electrons. The minimum Gasteiger partial charge on any atom is -0.323 e. The first-order chi connectivity index (χ1) is 9.62. The molecule has 0 radical (unpaired) electrons. The van der Waals surface area contributed by atoms with Gasteiger partial charge in [0.1, 0.15) is 11.6 Å². The number of halogens is 3. The van der Waals surface area contributed by atoms with Crippen LogP contribution in [0.1, 0.15) is 25.7 Å². The molecule has 0 unspecified atom stereocenters. The van der Waals surface area contributed by atoms with Gasteiger partial charge in [-0.1, -0.05) is 12.8 Å². The number of carbonyl (C=O) groups excluding carboxylic acids is 1. The van der Waals surface area contributed by atoms with Gasteiger partial charge in [0, 0.05) is 12.6 Å². The van der Waals surface area contributed by atoms with Crippen LogP contribution < -0.4 is 10.6 Å². The molecule has 1 saturated heterocycles. The van der Waals surface area contributed by atoms with Crippen LogP contribution in [0.15, 0.2) is 18.2 Å². The second kappa shape index (κ2) is 6.28. The van der Waals surface area contributed by atoms with Gasteiger partial charge in [-0.15, -0.1) is 12.4 Å². The fraction of sp³-hybridized carbons (Fsp3) is 0.533. The lowest BCUT2D eigenvalue weighted by Gasteiger charge is -2.37. The number of hydrogen-bond acceptors (Lipinski definition) is 2. The SMILES string of the molecule is Cl.O=C(Nc1ccc(F)cc1F)[C@@]12CCCC[C@H]1CNC2. The van der Waals surface area contributed by atoms with E-state index in [1.165, 1.54) is 6.07 Å². The van der Waals surface area contributed by atoms with E-state index in [9.17, 15) is 13.6 Å². The fourth-order valence-electron chi connectivity index (χ4n) is 3.53. The molecular formula is C15H19ClF2N2O. The molecule has 0 spiro atoms. The topological polar surface area (TPSA) is 41.1 Å². The Morgan fingerprint density at radius 2 is 2.14 bits per heavy atom. The third-order valence-electron chi connectivity index (χ3n) is 4.67. The highest BCUT2D eigenvalue weighted by atomic mass is 35.5. The van der Waals surface area contributed by atoms with Gasteiger partial charge in [0.05, 0.1) is 11.1 Å². The highest BCUT2D eigenvalue weighted by molar-refractivity contribution is 5.96. The molecule has 2 atom stereocenters. The van der Waals surface area contributed by atoms with Crippen LogP contribution in [0.25, 0.3) is 0 Å². The molecule has 0 aromatic heterocycles. The maximum absolute atomic E-state index is 13.6. The van der Waals surface area contributed by atoms with Crippen LogP contribution in [0.2, 0.25) is 0 Å². The van der Waals surface area contributed by atoms with Gasteiger partial charge in [0.2, 0.25) is 5.91 Å². The van der Waals surface area contributed by atoms with Crippen LogP contribution in [0.4, 0.5) is 14.5 Å². The van der Waals surface area contributed by atoms with Crippen LogP contribution in [0.5, 0.6) is 0 Å². The van der Waals surface area contributed by atoms with Crippen molar-refractivity contribution in [2.45, 2.75) is 25.7 Å². The molecule has 1 amide bonds. The lowest BCUT2D eigenvalue weighted by Crippen LogP contribution is -2.44. The lowest BCUT2D eigenvalue weighted by atomic mass is 9.67. The number of amides is 1. The summed E-state index contributed by atoms with van der Waals surface area (Å²) >= 11 is 0. The zero-order valence-corrected chi connectivity index (χ0v) is 12.4. The van der Waals surface area contributed by atoms with Crippen LogP contribution in [0.3, 0.4) is 0 Å². The predicted octanol–water partition coefficient (Wildman–Crippen LogP) is 3.10. The van der Waals surface area contributed by atoms with Gasteiger partial charge >= 0.3 is 0 Å². The summed E-state index contributed by atoms with van der Waals surface area (Å²) in [5.74, 6) is -1.19. The molecule has 6 heteroatoms. The van der Waals surface area contributed by atoms with E-state index >= 15 is 0 Å². The quantitative estimate of drug-likeness (QED) is 0.880. The van der Waals surface area contributed by atoms with Gasteiger partial charge in [-0.25, -0.2) is 8.78 Å². The molecule has 1 saturated carbocycles. The first kappa shape index (κ1) is 16.2. The summed E-state index contributed by atoms with van der Waals surface area (Å²) in [5, 5.41) is 5.93. The van der Waals surface area contributed by atoms with Crippen molar-refractivity contribution in [1.82, 2.24) is 5.32 Å². The average molecular weight is 317 g/mol. The molecule has 3 nitrogen and oxygen atoms in total. The van der Waals surface area contributed by atoms with Gasteiger partial charge in [0.25, 0.3) is 0 Å². The Kier molecular flexibility index (Phi) is 4.84.